The zero-order chi connectivity index (χ0) is 19.0. The fourth-order valence-corrected chi connectivity index (χ4v) is 3.57. The maximum absolute atomic E-state index is 12.4. The van der Waals surface area contributed by atoms with Gasteiger partial charge in [0, 0.05) is 44.0 Å². The van der Waals surface area contributed by atoms with Crippen molar-refractivity contribution in [3.63, 3.8) is 0 Å². The van der Waals surface area contributed by atoms with Crippen LogP contribution in [0.25, 0.3) is 17.1 Å². The maximum atomic E-state index is 12.4. The van der Waals surface area contributed by atoms with Crippen LogP contribution >= 0.6 is 11.8 Å². The van der Waals surface area contributed by atoms with Gasteiger partial charge in [0.05, 0.1) is 5.69 Å². The van der Waals surface area contributed by atoms with Gasteiger partial charge in [-0.2, -0.15) is 5.10 Å². The van der Waals surface area contributed by atoms with Gasteiger partial charge in [-0.05, 0) is 24.0 Å². The highest BCUT2D eigenvalue weighted by atomic mass is 32.2. The van der Waals surface area contributed by atoms with Crippen LogP contribution in [0, 0.1) is 0 Å². The molecule has 1 saturated heterocycles. The van der Waals surface area contributed by atoms with E-state index in [1.54, 1.807) is 35.0 Å². The van der Waals surface area contributed by atoms with E-state index in [9.17, 15) is 9.90 Å². The molecule has 0 unspecified atom stereocenters. The molecule has 3 aromatic rings. The fourth-order valence-electron chi connectivity index (χ4n) is 3.22. The summed E-state index contributed by atoms with van der Waals surface area (Å²) in [6.45, 7) is 0.541. The van der Waals surface area contributed by atoms with E-state index in [4.69, 9.17) is 0 Å². The molecule has 138 valence electrons. The molecule has 1 atom stereocenters. The van der Waals surface area contributed by atoms with Gasteiger partial charge in [0.25, 0.3) is 5.91 Å². The number of carbonyl (C=O) groups excluding carboxylic acids is 1. The molecule has 27 heavy (non-hydrogen) atoms. The van der Waals surface area contributed by atoms with Gasteiger partial charge < -0.3 is 10.0 Å². The second-order valence-corrected chi connectivity index (χ2v) is 7.24. The Hall–Kier alpha value is -2.71. The van der Waals surface area contributed by atoms with E-state index in [1.807, 2.05) is 36.7 Å². The summed E-state index contributed by atoms with van der Waals surface area (Å²) >= 11 is 1.47. The molecule has 1 aliphatic heterocycles. The summed E-state index contributed by atoms with van der Waals surface area (Å²) in [5.74, 6) is 0.415. The highest BCUT2D eigenvalue weighted by Crippen LogP contribution is 2.34. The summed E-state index contributed by atoms with van der Waals surface area (Å²) in [6.07, 6.45) is 5.84. The number of hydrogen-bond acceptors (Lipinski definition) is 6. The standard InChI is InChI=1S/C19H19N5O2S/c1-23-11-8-19(26,17(23)25)14-5-3-4-13(12-14)15-7-10-24(22-15)16-6-9-20-18(21-16)27-2/h3-7,9-10,12,26H,8,11H2,1-2H3/t19-/m1/s1. The van der Waals surface area contributed by atoms with E-state index >= 15 is 0 Å². The van der Waals surface area contributed by atoms with E-state index in [-0.39, 0.29) is 5.91 Å². The number of likely N-dealkylation sites (N-methyl/N-ethyl adjacent to an activating group) is 1. The van der Waals surface area contributed by atoms with Crippen molar-refractivity contribution in [2.75, 3.05) is 19.8 Å². The Labute approximate surface area is 161 Å². The first-order valence-electron chi connectivity index (χ1n) is 8.53. The van der Waals surface area contributed by atoms with Gasteiger partial charge in [0.1, 0.15) is 0 Å². The van der Waals surface area contributed by atoms with Crippen LogP contribution in [-0.4, -0.2) is 55.5 Å². The largest absolute Gasteiger partial charge is 0.375 e. The molecule has 2 aromatic heterocycles. The van der Waals surface area contributed by atoms with E-state index in [0.717, 1.165) is 11.3 Å². The number of thioether (sulfide) groups is 1. The fraction of sp³-hybridized carbons (Fsp3) is 0.263. The molecule has 1 amide bonds. The molecule has 1 aromatic carbocycles. The highest BCUT2D eigenvalue weighted by Gasteiger charge is 2.45. The minimum absolute atomic E-state index is 0.268. The number of amides is 1. The smallest absolute Gasteiger partial charge is 0.258 e. The minimum atomic E-state index is -1.47. The molecule has 7 nitrogen and oxygen atoms in total. The normalized spacial score (nSPS) is 19.7. The number of benzene rings is 1. The summed E-state index contributed by atoms with van der Waals surface area (Å²) < 4.78 is 1.69. The van der Waals surface area contributed by atoms with Crippen molar-refractivity contribution in [2.24, 2.45) is 0 Å². The second kappa shape index (κ2) is 6.79. The number of carbonyl (C=O) groups is 1. The molecule has 4 rings (SSSR count). The predicted molar refractivity (Wildman–Crippen MR) is 103 cm³/mol. The third-order valence-corrected chi connectivity index (χ3v) is 5.33. The van der Waals surface area contributed by atoms with Gasteiger partial charge >= 0.3 is 0 Å². The summed E-state index contributed by atoms with van der Waals surface area (Å²) in [5, 5.41) is 16.1. The summed E-state index contributed by atoms with van der Waals surface area (Å²) in [5.41, 5.74) is 0.702. The Morgan fingerprint density at radius 3 is 2.85 bits per heavy atom. The molecular formula is C19H19N5O2S. The molecule has 0 radical (unpaired) electrons. The van der Waals surface area contributed by atoms with E-state index < -0.39 is 5.60 Å². The van der Waals surface area contributed by atoms with E-state index in [0.29, 0.717) is 29.5 Å². The first kappa shape index (κ1) is 17.7. The number of aromatic nitrogens is 4. The Kier molecular flexibility index (Phi) is 4.45. The lowest BCUT2D eigenvalue weighted by molar-refractivity contribution is -0.143. The molecule has 3 heterocycles. The van der Waals surface area contributed by atoms with E-state index in [2.05, 4.69) is 15.1 Å². The number of hydrogen-bond donors (Lipinski definition) is 1. The van der Waals surface area contributed by atoms with Crippen molar-refractivity contribution in [2.45, 2.75) is 17.2 Å². The van der Waals surface area contributed by atoms with Gasteiger partial charge in [0.15, 0.2) is 16.6 Å². The lowest BCUT2D eigenvalue weighted by atomic mass is 9.90. The predicted octanol–water partition coefficient (Wildman–Crippen LogP) is 2.10. The van der Waals surface area contributed by atoms with Gasteiger partial charge in [-0.15, -0.1) is 0 Å². The Balaban J connectivity index is 1.67. The number of aliphatic hydroxyl groups is 1. The quantitative estimate of drug-likeness (QED) is 0.550. The van der Waals surface area contributed by atoms with Crippen molar-refractivity contribution in [1.82, 2.24) is 24.6 Å². The van der Waals surface area contributed by atoms with Gasteiger partial charge in [-0.25, -0.2) is 14.6 Å². The van der Waals surface area contributed by atoms with Crippen LogP contribution in [-0.2, 0) is 10.4 Å². The van der Waals surface area contributed by atoms with Gasteiger partial charge in [0.2, 0.25) is 0 Å². The van der Waals surface area contributed by atoms with Crippen molar-refractivity contribution in [1.29, 1.82) is 0 Å². The zero-order valence-electron chi connectivity index (χ0n) is 15.0. The van der Waals surface area contributed by atoms with Crippen LogP contribution in [0.15, 0.2) is 53.9 Å². The molecule has 0 saturated carbocycles. The van der Waals surface area contributed by atoms with Crippen LogP contribution in [0.3, 0.4) is 0 Å². The lowest BCUT2D eigenvalue weighted by Gasteiger charge is -2.21. The number of nitrogens with zero attached hydrogens (tertiary/aromatic N) is 5. The van der Waals surface area contributed by atoms with Crippen LogP contribution in [0.2, 0.25) is 0 Å². The minimum Gasteiger partial charge on any atom is -0.375 e. The Morgan fingerprint density at radius 2 is 2.11 bits per heavy atom. The first-order chi connectivity index (χ1) is 13.0. The Bertz CT molecular complexity index is 1010. The molecule has 1 N–H and O–H groups in total. The molecule has 1 fully saturated rings. The molecule has 1 aliphatic rings. The van der Waals surface area contributed by atoms with Gasteiger partial charge in [-0.3, -0.25) is 4.79 Å². The molecule has 0 spiro atoms. The molecule has 8 heteroatoms. The summed E-state index contributed by atoms with van der Waals surface area (Å²) in [6, 6.07) is 11.0. The van der Waals surface area contributed by atoms with Crippen LogP contribution in [0.4, 0.5) is 0 Å². The number of likely N-dealkylation sites (tertiary alicyclic amines) is 1. The van der Waals surface area contributed by atoms with Gasteiger partial charge in [-0.1, -0.05) is 30.0 Å². The first-order valence-corrected chi connectivity index (χ1v) is 9.76. The average Bonchev–Trinajstić information content (AvgIpc) is 3.30. The molecular weight excluding hydrogens is 362 g/mol. The maximum Gasteiger partial charge on any atom is 0.258 e. The third kappa shape index (κ3) is 3.11. The summed E-state index contributed by atoms with van der Waals surface area (Å²) in [4.78, 5) is 22.5. The van der Waals surface area contributed by atoms with E-state index in [1.165, 1.54) is 11.8 Å². The lowest BCUT2D eigenvalue weighted by Crippen LogP contribution is -2.36. The monoisotopic (exact) mass is 381 g/mol. The third-order valence-electron chi connectivity index (χ3n) is 4.77. The van der Waals surface area contributed by atoms with Crippen molar-refractivity contribution in [3.05, 3.63) is 54.4 Å². The number of rotatable bonds is 4. The molecule has 0 bridgehead atoms. The zero-order valence-corrected chi connectivity index (χ0v) is 15.8. The van der Waals surface area contributed by atoms with Crippen LogP contribution in [0.5, 0.6) is 0 Å². The SMILES string of the molecule is CSc1nccc(-n2ccc(-c3cccc([C@]4(O)CCN(C)C4=O)c3)n2)n1. The van der Waals surface area contributed by atoms with Crippen LogP contribution in [0.1, 0.15) is 12.0 Å². The average molecular weight is 381 g/mol. The second-order valence-electron chi connectivity index (χ2n) is 6.46. The van der Waals surface area contributed by atoms with Crippen molar-refractivity contribution < 1.29 is 9.90 Å². The molecule has 0 aliphatic carbocycles. The van der Waals surface area contributed by atoms with Crippen LogP contribution < -0.4 is 0 Å². The highest BCUT2D eigenvalue weighted by molar-refractivity contribution is 7.98. The summed E-state index contributed by atoms with van der Waals surface area (Å²) in [7, 11) is 1.70. The van der Waals surface area contributed by atoms with Crippen molar-refractivity contribution in [3.8, 4) is 17.1 Å². The Morgan fingerprint density at radius 1 is 1.26 bits per heavy atom. The topological polar surface area (TPSA) is 84.1 Å². The van der Waals surface area contributed by atoms with Crippen molar-refractivity contribution >= 4 is 17.7 Å².